The van der Waals surface area contributed by atoms with Gasteiger partial charge in [0.1, 0.15) is 5.75 Å². The van der Waals surface area contributed by atoms with E-state index in [-0.39, 0.29) is 30.7 Å². The van der Waals surface area contributed by atoms with Gasteiger partial charge in [0, 0.05) is 33.9 Å². The number of rotatable bonds is 5. The van der Waals surface area contributed by atoms with Crippen molar-refractivity contribution in [2.24, 2.45) is 23.7 Å². The van der Waals surface area contributed by atoms with Crippen molar-refractivity contribution < 1.29 is 29.3 Å². The zero-order chi connectivity index (χ0) is 22.6. The predicted molar refractivity (Wildman–Crippen MR) is 120 cm³/mol. The molecule has 2 N–H and O–H groups in total. The lowest BCUT2D eigenvalue weighted by molar-refractivity contribution is -0.275. The topological polar surface area (TPSA) is 96.3 Å². The van der Waals surface area contributed by atoms with Crippen molar-refractivity contribution in [1.82, 2.24) is 4.90 Å². The number of phenolic OH excluding ortho intramolecular Hbond substituents is 1. The summed E-state index contributed by atoms with van der Waals surface area (Å²) in [5.41, 5.74) is 0.544. The van der Waals surface area contributed by atoms with E-state index in [1.807, 2.05) is 17.5 Å². The normalized spacial score (nSPS) is 34.1. The molecule has 5 rings (SSSR count). The molecule has 1 aliphatic carbocycles. The van der Waals surface area contributed by atoms with Gasteiger partial charge in [0.05, 0.1) is 31.1 Å². The Labute approximate surface area is 198 Å². The number of hydrogen-bond donors (Lipinski definition) is 2. The lowest BCUT2D eigenvalue weighted by atomic mass is 9.64. The zero-order valence-corrected chi connectivity index (χ0v) is 19.8. The maximum absolute atomic E-state index is 13.4. The van der Waals surface area contributed by atoms with Crippen molar-refractivity contribution >= 4 is 39.1 Å². The molecule has 2 amide bonds. The van der Waals surface area contributed by atoms with Crippen LogP contribution in [-0.2, 0) is 25.6 Å². The van der Waals surface area contributed by atoms with Crippen LogP contribution < -0.4 is 0 Å². The second kappa shape index (κ2) is 8.22. The van der Waals surface area contributed by atoms with E-state index in [4.69, 9.17) is 9.47 Å². The summed E-state index contributed by atoms with van der Waals surface area (Å²) in [6.07, 6.45) is 0.0388. The van der Waals surface area contributed by atoms with Crippen LogP contribution in [0.2, 0.25) is 0 Å². The molecule has 3 fully saturated rings. The molecule has 6 atom stereocenters. The molecule has 3 heterocycles. The molecule has 1 saturated carbocycles. The largest absolute Gasteiger partial charge is 0.508 e. The molecule has 2 aromatic rings. The van der Waals surface area contributed by atoms with Crippen LogP contribution in [0.15, 0.2) is 40.2 Å². The third-order valence-corrected chi connectivity index (χ3v) is 8.41. The van der Waals surface area contributed by atoms with Gasteiger partial charge in [0.25, 0.3) is 0 Å². The predicted octanol–water partition coefficient (Wildman–Crippen LogP) is 3.45. The van der Waals surface area contributed by atoms with Crippen molar-refractivity contribution in [3.8, 4) is 5.75 Å². The molecule has 2 aliphatic heterocycles. The fourth-order valence-corrected chi connectivity index (χ4v) is 6.70. The van der Waals surface area contributed by atoms with Crippen LogP contribution in [0, 0.1) is 23.7 Å². The number of carbonyl (C=O) groups is 2. The smallest absolute Gasteiger partial charge is 0.233 e. The Balaban J connectivity index is 1.50. The quantitative estimate of drug-likeness (QED) is 0.585. The number of amides is 2. The van der Waals surface area contributed by atoms with Gasteiger partial charge in [-0.05, 0) is 42.5 Å². The number of phenols is 1. The number of halogens is 1. The number of hydrogen-bond acceptors (Lipinski definition) is 7. The summed E-state index contributed by atoms with van der Waals surface area (Å²) < 4.78 is 12.3. The Hall–Kier alpha value is -1.78. The molecule has 7 nitrogen and oxygen atoms in total. The third kappa shape index (κ3) is 3.42. The summed E-state index contributed by atoms with van der Waals surface area (Å²) in [5.74, 6) is -4.20. The maximum Gasteiger partial charge on any atom is 0.233 e. The van der Waals surface area contributed by atoms with Crippen LogP contribution in [-0.4, -0.2) is 46.4 Å². The zero-order valence-electron chi connectivity index (χ0n) is 17.4. The first-order valence-corrected chi connectivity index (χ1v) is 12.3. The first kappa shape index (κ1) is 22.0. The minimum atomic E-state index is -1.62. The van der Waals surface area contributed by atoms with Crippen LogP contribution >= 0.6 is 27.3 Å². The average molecular weight is 522 g/mol. The van der Waals surface area contributed by atoms with Crippen LogP contribution in [0.3, 0.4) is 0 Å². The Bertz CT molecular complexity index is 1050. The van der Waals surface area contributed by atoms with Gasteiger partial charge in [0.2, 0.25) is 11.8 Å². The lowest BCUT2D eigenvalue weighted by Gasteiger charge is -2.44. The number of aliphatic hydroxyl groups is 1. The van der Waals surface area contributed by atoms with Crippen molar-refractivity contribution in [2.45, 2.75) is 31.3 Å². The fraction of sp³-hybridized carbons (Fsp3) is 0.478. The van der Waals surface area contributed by atoms with Crippen LogP contribution in [0.1, 0.15) is 29.4 Å². The highest BCUT2D eigenvalue weighted by Crippen LogP contribution is 2.59. The molecular formula is C23H24BrNO6S. The molecule has 9 heteroatoms. The van der Waals surface area contributed by atoms with E-state index in [0.29, 0.717) is 18.4 Å². The fourth-order valence-electron chi connectivity index (χ4n) is 5.63. The van der Waals surface area contributed by atoms with Gasteiger partial charge in [-0.25, -0.2) is 0 Å². The van der Waals surface area contributed by atoms with Crippen molar-refractivity contribution in [3.05, 3.63) is 50.6 Å². The number of methoxy groups -OCH3 is 1. The van der Waals surface area contributed by atoms with E-state index >= 15 is 0 Å². The summed E-state index contributed by atoms with van der Waals surface area (Å²) in [5, 5.41) is 24.0. The van der Waals surface area contributed by atoms with Crippen molar-refractivity contribution in [2.75, 3.05) is 13.7 Å². The Morgan fingerprint density at radius 1 is 1.28 bits per heavy atom. The minimum Gasteiger partial charge on any atom is -0.508 e. The molecule has 1 aromatic carbocycles. The molecular weight excluding hydrogens is 498 g/mol. The number of nitrogens with zero attached hydrogens (tertiary/aromatic N) is 1. The van der Waals surface area contributed by atoms with Crippen LogP contribution in [0.4, 0.5) is 0 Å². The minimum absolute atomic E-state index is 0.0634. The Morgan fingerprint density at radius 3 is 2.81 bits per heavy atom. The highest BCUT2D eigenvalue weighted by atomic mass is 79.9. The number of carbonyl (C=O) groups excluding carboxylic acids is 2. The number of imide groups is 1. The molecule has 1 aromatic heterocycles. The van der Waals surface area contributed by atoms with Gasteiger partial charge in [0.15, 0.2) is 5.79 Å². The SMILES string of the molecule is COC[C@H]1C[C@@H]2C(=O)N(Cc3cccs3)C(=O)[C@@H]2[C@@H]2C[C@@H](c3cc(Br)ccc3O)O[C@]12O. The highest BCUT2D eigenvalue weighted by Gasteiger charge is 2.66. The summed E-state index contributed by atoms with van der Waals surface area (Å²) in [4.78, 5) is 29.0. The number of aromatic hydroxyl groups is 1. The van der Waals surface area contributed by atoms with E-state index in [1.54, 1.807) is 25.3 Å². The van der Waals surface area contributed by atoms with Crippen molar-refractivity contribution in [3.63, 3.8) is 0 Å². The van der Waals surface area contributed by atoms with Crippen LogP contribution in [0.5, 0.6) is 5.75 Å². The molecule has 3 aliphatic rings. The van der Waals surface area contributed by atoms with Gasteiger partial charge >= 0.3 is 0 Å². The molecule has 32 heavy (non-hydrogen) atoms. The number of benzene rings is 1. The molecule has 0 bridgehead atoms. The molecule has 2 saturated heterocycles. The van der Waals surface area contributed by atoms with Crippen LogP contribution in [0.25, 0.3) is 0 Å². The highest BCUT2D eigenvalue weighted by molar-refractivity contribution is 9.10. The maximum atomic E-state index is 13.4. The van der Waals surface area contributed by atoms with Gasteiger partial charge in [-0.15, -0.1) is 11.3 Å². The molecule has 0 spiro atoms. The average Bonchev–Trinajstić information content (AvgIpc) is 3.45. The number of fused-ring (bicyclic) bond motifs is 3. The summed E-state index contributed by atoms with van der Waals surface area (Å²) in [6.45, 7) is 0.457. The monoisotopic (exact) mass is 521 g/mol. The van der Waals surface area contributed by atoms with Gasteiger partial charge in [-0.2, -0.15) is 0 Å². The summed E-state index contributed by atoms with van der Waals surface area (Å²) in [6, 6.07) is 8.85. The lowest BCUT2D eigenvalue weighted by Crippen LogP contribution is -2.54. The molecule has 0 radical (unpaired) electrons. The Kier molecular flexibility index (Phi) is 5.66. The summed E-state index contributed by atoms with van der Waals surface area (Å²) >= 11 is 4.92. The van der Waals surface area contributed by atoms with E-state index < -0.39 is 35.6 Å². The second-order valence-corrected chi connectivity index (χ2v) is 10.7. The standard InChI is InChI=1S/C23H24BrNO6S/c1-30-11-12-7-16-20(22(28)25(21(16)27)10-14-3-2-6-32-14)17-9-19(31-23(12,17)29)15-8-13(24)4-5-18(15)26/h2-6,8,12,16-17,19-20,26,29H,7,9-11H2,1H3/t12-,16+,17+,19+,20+,23-/m1/s1. The van der Waals surface area contributed by atoms with E-state index in [2.05, 4.69) is 15.9 Å². The second-order valence-electron chi connectivity index (χ2n) is 8.77. The van der Waals surface area contributed by atoms with E-state index in [0.717, 1.165) is 9.35 Å². The van der Waals surface area contributed by atoms with Crippen molar-refractivity contribution in [1.29, 1.82) is 0 Å². The first-order valence-electron chi connectivity index (χ1n) is 10.6. The van der Waals surface area contributed by atoms with Gasteiger partial charge in [-0.3, -0.25) is 14.5 Å². The number of thiophene rings is 1. The third-order valence-electron chi connectivity index (χ3n) is 7.05. The number of likely N-dealkylation sites (tertiary alicyclic amines) is 1. The summed E-state index contributed by atoms with van der Waals surface area (Å²) in [7, 11) is 1.54. The molecule has 170 valence electrons. The molecule has 0 unspecified atom stereocenters. The van der Waals surface area contributed by atoms with E-state index in [1.165, 1.54) is 16.2 Å². The number of ether oxygens (including phenoxy) is 2. The first-order chi connectivity index (χ1) is 15.3. The Morgan fingerprint density at radius 2 is 2.09 bits per heavy atom. The van der Waals surface area contributed by atoms with Gasteiger partial charge < -0.3 is 19.7 Å². The van der Waals surface area contributed by atoms with E-state index in [9.17, 15) is 19.8 Å². The van der Waals surface area contributed by atoms with Gasteiger partial charge in [-0.1, -0.05) is 22.0 Å².